The Bertz CT molecular complexity index is 1390. The minimum Gasteiger partial charge on any atom is -0.462 e. The normalized spacial score (nSPS) is 15.6. The molecule has 2 aromatic carbocycles. The number of carbonyl (C=O) groups is 3. The molecule has 1 aliphatic rings. The van der Waals surface area contributed by atoms with Crippen molar-refractivity contribution in [2.45, 2.75) is 71.0 Å². The van der Waals surface area contributed by atoms with Crippen molar-refractivity contribution in [3.8, 4) is 0 Å². The predicted octanol–water partition coefficient (Wildman–Crippen LogP) is 7.76. The molecular formula is C32H38N2O4S2. The number of carbonyl (C=O) groups excluding carboxylic acids is 3. The summed E-state index contributed by atoms with van der Waals surface area (Å²) in [7, 11) is 0. The number of hydrogen-bond donors (Lipinski definition) is 2. The molecule has 0 radical (unpaired) electrons. The molecule has 0 aliphatic heterocycles. The van der Waals surface area contributed by atoms with E-state index in [-0.39, 0.29) is 29.8 Å². The number of benzene rings is 2. The fourth-order valence-corrected chi connectivity index (χ4v) is 7.10. The second kappa shape index (κ2) is 12.6. The highest BCUT2D eigenvalue weighted by molar-refractivity contribution is 8.00. The first-order chi connectivity index (χ1) is 19.0. The van der Waals surface area contributed by atoms with E-state index in [2.05, 4.69) is 31.4 Å². The van der Waals surface area contributed by atoms with Crippen LogP contribution in [-0.4, -0.2) is 29.6 Å². The Labute approximate surface area is 245 Å². The molecule has 0 spiro atoms. The van der Waals surface area contributed by atoms with Gasteiger partial charge in [0.2, 0.25) is 5.91 Å². The van der Waals surface area contributed by atoms with Gasteiger partial charge in [-0.3, -0.25) is 9.59 Å². The Kier molecular flexibility index (Phi) is 9.41. The minimum atomic E-state index is -0.431. The van der Waals surface area contributed by atoms with Crippen molar-refractivity contribution in [3.05, 3.63) is 75.7 Å². The highest BCUT2D eigenvalue weighted by Crippen LogP contribution is 2.44. The molecule has 8 heteroatoms. The summed E-state index contributed by atoms with van der Waals surface area (Å²) in [5.41, 5.74) is 4.05. The topological polar surface area (TPSA) is 84.5 Å². The predicted molar refractivity (Wildman–Crippen MR) is 165 cm³/mol. The number of amides is 2. The molecule has 1 heterocycles. The molecule has 4 rings (SSSR count). The van der Waals surface area contributed by atoms with Crippen molar-refractivity contribution >= 4 is 51.6 Å². The number of fused-ring (bicyclic) bond motifs is 1. The van der Waals surface area contributed by atoms with Crippen LogP contribution in [0.15, 0.2) is 53.4 Å². The van der Waals surface area contributed by atoms with E-state index in [4.69, 9.17) is 4.74 Å². The summed E-state index contributed by atoms with van der Waals surface area (Å²) in [4.78, 5) is 40.9. The Morgan fingerprint density at radius 1 is 1.10 bits per heavy atom. The van der Waals surface area contributed by atoms with Crippen LogP contribution in [-0.2, 0) is 22.4 Å². The van der Waals surface area contributed by atoms with Crippen LogP contribution in [0.4, 0.5) is 10.7 Å². The molecule has 3 aromatic rings. The van der Waals surface area contributed by atoms with Gasteiger partial charge in [0.15, 0.2) is 0 Å². The van der Waals surface area contributed by atoms with Crippen molar-refractivity contribution < 1.29 is 19.1 Å². The lowest BCUT2D eigenvalue weighted by atomic mass is 9.72. The molecule has 0 saturated carbocycles. The minimum absolute atomic E-state index is 0.175. The Hall–Kier alpha value is -3.10. The molecular weight excluding hydrogens is 540 g/mol. The number of thiophene rings is 1. The summed E-state index contributed by atoms with van der Waals surface area (Å²) < 4.78 is 5.38. The highest BCUT2D eigenvalue weighted by atomic mass is 32.2. The quantitative estimate of drug-likeness (QED) is 0.211. The molecule has 2 N–H and O–H groups in total. The van der Waals surface area contributed by atoms with Crippen molar-refractivity contribution in [3.63, 3.8) is 0 Å². The number of nitrogens with one attached hydrogen (secondary N) is 2. The zero-order chi connectivity index (χ0) is 29.0. The maximum Gasteiger partial charge on any atom is 0.341 e. The number of hydrogen-bond acceptors (Lipinski definition) is 6. The van der Waals surface area contributed by atoms with E-state index in [0.29, 0.717) is 27.7 Å². The summed E-state index contributed by atoms with van der Waals surface area (Å²) >= 11 is 2.90. The average molecular weight is 579 g/mol. The summed E-state index contributed by atoms with van der Waals surface area (Å²) in [6.07, 6.45) is 2.72. The fourth-order valence-electron chi connectivity index (χ4n) is 4.86. The van der Waals surface area contributed by atoms with Gasteiger partial charge in [-0.1, -0.05) is 44.5 Å². The Balaban J connectivity index is 1.46. The van der Waals surface area contributed by atoms with E-state index in [9.17, 15) is 14.4 Å². The molecule has 0 saturated heterocycles. The second-order valence-electron chi connectivity index (χ2n) is 11.3. The summed E-state index contributed by atoms with van der Waals surface area (Å²) in [6, 6.07) is 14.9. The lowest BCUT2D eigenvalue weighted by Gasteiger charge is -2.33. The maximum atomic E-state index is 13.3. The third kappa shape index (κ3) is 7.15. The van der Waals surface area contributed by atoms with Gasteiger partial charge in [0.25, 0.3) is 5.91 Å². The van der Waals surface area contributed by atoms with Gasteiger partial charge in [0, 0.05) is 21.0 Å². The van der Waals surface area contributed by atoms with Crippen molar-refractivity contribution in [1.82, 2.24) is 0 Å². The zero-order valence-corrected chi connectivity index (χ0v) is 25.7. The lowest BCUT2D eigenvalue weighted by molar-refractivity contribution is -0.115. The smallest absolute Gasteiger partial charge is 0.341 e. The zero-order valence-electron chi connectivity index (χ0n) is 24.1. The second-order valence-corrected chi connectivity index (χ2v) is 13.9. The van der Waals surface area contributed by atoms with Crippen molar-refractivity contribution in [1.29, 1.82) is 0 Å². The number of ether oxygens (including phenoxy) is 1. The van der Waals surface area contributed by atoms with E-state index >= 15 is 0 Å². The van der Waals surface area contributed by atoms with Gasteiger partial charge < -0.3 is 15.4 Å². The van der Waals surface area contributed by atoms with E-state index in [1.54, 1.807) is 19.1 Å². The Morgan fingerprint density at radius 2 is 1.82 bits per heavy atom. The van der Waals surface area contributed by atoms with Gasteiger partial charge in [0.1, 0.15) is 5.00 Å². The fraction of sp³-hybridized carbons (Fsp3) is 0.406. The molecule has 2 unspecified atom stereocenters. The molecule has 40 heavy (non-hydrogen) atoms. The van der Waals surface area contributed by atoms with E-state index in [1.807, 2.05) is 50.2 Å². The molecule has 212 valence electrons. The van der Waals surface area contributed by atoms with Gasteiger partial charge in [-0.25, -0.2) is 4.79 Å². The summed E-state index contributed by atoms with van der Waals surface area (Å²) in [5.74, 6) is -0.224. The number of anilines is 2. The molecule has 0 bridgehead atoms. The van der Waals surface area contributed by atoms with Gasteiger partial charge >= 0.3 is 5.97 Å². The van der Waals surface area contributed by atoms with Crippen LogP contribution in [0.3, 0.4) is 0 Å². The Morgan fingerprint density at radius 3 is 2.50 bits per heavy atom. The molecule has 1 aliphatic carbocycles. The third-order valence-electron chi connectivity index (χ3n) is 7.29. The molecule has 2 amide bonds. The molecule has 0 fully saturated rings. The SMILES string of the molecule is CCOC(=O)c1c(NC(=O)C(C)Sc2cccc(NC(=O)c3ccc(C)cc3)c2)sc2c1CCC(C(C)(C)C)C2. The number of aryl methyl sites for hydroxylation is 1. The first-order valence-electron chi connectivity index (χ1n) is 13.7. The van der Waals surface area contributed by atoms with Crippen LogP contribution in [0.2, 0.25) is 0 Å². The monoisotopic (exact) mass is 578 g/mol. The first-order valence-corrected chi connectivity index (χ1v) is 15.4. The van der Waals surface area contributed by atoms with Crippen molar-refractivity contribution in [2.24, 2.45) is 11.3 Å². The third-order valence-corrected chi connectivity index (χ3v) is 9.56. The summed E-state index contributed by atoms with van der Waals surface area (Å²) in [6.45, 7) is 12.7. The maximum absolute atomic E-state index is 13.3. The van der Waals surface area contributed by atoms with Gasteiger partial charge in [-0.2, -0.15) is 0 Å². The van der Waals surface area contributed by atoms with Gasteiger partial charge in [-0.15, -0.1) is 23.1 Å². The van der Waals surface area contributed by atoms with E-state index in [1.165, 1.54) is 28.0 Å². The molecule has 2 atom stereocenters. The number of rotatable bonds is 8. The van der Waals surface area contributed by atoms with Crippen LogP contribution in [0.25, 0.3) is 0 Å². The van der Waals surface area contributed by atoms with E-state index < -0.39 is 5.25 Å². The summed E-state index contributed by atoms with van der Waals surface area (Å²) in [5, 5.41) is 6.12. The van der Waals surface area contributed by atoms with Crippen LogP contribution in [0, 0.1) is 18.3 Å². The average Bonchev–Trinajstić information content (AvgIpc) is 3.26. The first kappa shape index (κ1) is 29.9. The van der Waals surface area contributed by atoms with Crippen molar-refractivity contribution in [2.75, 3.05) is 17.2 Å². The standard InChI is InChI=1S/C32H38N2O4S2/c1-7-38-31(37)27-25-16-15-22(32(4,5)6)17-26(25)40-30(27)34-28(35)20(3)39-24-10-8-9-23(18-24)33-29(36)21-13-11-19(2)12-14-21/h8-14,18,20,22H,7,15-17H2,1-6H3,(H,33,36)(H,34,35). The lowest BCUT2D eigenvalue weighted by Crippen LogP contribution is -2.27. The van der Waals surface area contributed by atoms with E-state index in [0.717, 1.165) is 35.3 Å². The number of thioether (sulfide) groups is 1. The van der Waals surface area contributed by atoms with Crippen LogP contribution < -0.4 is 10.6 Å². The number of esters is 1. The molecule has 1 aromatic heterocycles. The van der Waals surface area contributed by atoms with Gasteiger partial charge in [-0.05, 0) is 87.3 Å². The van der Waals surface area contributed by atoms with Crippen LogP contribution in [0.5, 0.6) is 0 Å². The van der Waals surface area contributed by atoms with Crippen LogP contribution >= 0.6 is 23.1 Å². The van der Waals surface area contributed by atoms with Crippen LogP contribution in [0.1, 0.15) is 77.8 Å². The highest BCUT2D eigenvalue weighted by Gasteiger charge is 2.34. The van der Waals surface area contributed by atoms with Gasteiger partial charge in [0.05, 0.1) is 17.4 Å². The molecule has 6 nitrogen and oxygen atoms in total. The largest absolute Gasteiger partial charge is 0.462 e.